The van der Waals surface area contributed by atoms with Crippen molar-refractivity contribution in [1.29, 1.82) is 0 Å². The highest BCUT2D eigenvalue weighted by Crippen LogP contribution is 2.36. The Morgan fingerprint density at radius 3 is 2.60 bits per heavy atom. The molecule has 1 aliphatic rings. The lowest BCUT2D eigenvalue weighted by Crippen LogP contribution is -2.24. The molecule has 0 heterocycles. The monoisotopic (exact) mass is 434 g/mol. The molecule has 1 rings (SSSR count). The van der Waals surface area contributed by atoms with Gasteiger partial charge >= 0.3 is 0 Å². The van der Waals surface area contributed by atoms with E-state index in [0.29, 0.717) is 5.92 Å². The standard InChI is InChI=1S/C27H47O2P/c1-7-8-9-12-20(2)13-10-17-27(6,29)18-11-14-21(3)15-16-24-19-25(28)22(4)23(5)26(24)30/h7-8,12,19,21-22,25,28-29H,9-11,13-18,30H2,1-6H3/b8-7-,20-12+. The second kappa shape index (κ2) is 13.7. The summed E-state index contributed by atoms with van der Waals surface area (Å²) < 4.78 is 0. The average molecular weight is 435 g/mol. The van der Waals surface area contributed by atoms with Gasteiger partial charge in [0.15, 0.2) is 0 Å². The van der Waals surface area contributed by atoms with Crippen molar-refractivity contribution in [1.82, 2.24) is 0 Å². The SMILES string of the molecule is C/C=C\C/C=C(\C)CCCC(C)(O)CCCC(C)CCC1=CC(O)C(C)C(C)=C1P. The normalized spacial score (nSPS) is 23.6. The fraction of sp³-hybridized carbons (Fsp3) is 0.704. The molecule has 0 radical (unpaired) electrons. The average Bonchev–Trinajstić information content (AvgIpc) is 2.68. The first kappa shape index (κ1) is 27.3. The summed E-state index contributed by atoms with van der Waals surface area (Å²) in [5.74, 6) is 0.849. The Labute approximate surface area is 188 Å². The predicted molar refractivity (Wildman–Crippen MR) is 136 cm³/mol. The molecule has 0 amide bonds. The zero-order valence-electron chi connectivity index (χ0n) is 20.4. The van der Waals surface area contributed by atoms with Gasteiger partial charge in [0, 0.05) is 5.92 Å². The first-order valence-electron chi connectivity index (χ1n) is 11.9. The van der Waals surface area contributed by atoms with Crippen LogP contribution < -0.4 is 0 Å². The van der Waals surface area contributed by atoms with E-state index in [1.54, 1.807) is 0 Å². The molecular weight excluding hydrogens is 387 g/mol. The van der Waals surface area contributed by atoms with E-state index in [9.17, 15) is 10.2 Å². The number of hydrogen-bond donors (Lipinski definition) is 2. The van der Waals surface area contributed by atoms with Crippen LogP contribution in [0.15, 0.2) is 46.3 Å². The largest absolute Gasteiger partial charge is 0.390 e. The van der Waals surface area contributed by atoms with Crippen LogP contribution in [0, 0.1) is 11.8 Å². The molecule has 0 fully saturated rings. The highest BCUT2D eigenvalue weighted by atomic mass is 31.0. The Bertz CT molecular complexity index is 639. The van der Waals surface area contributed by atoms with E-state index in [-0.39, 0.29) is 12.0 Å². The molecule has 5 unspecified atom stereocenters. The Hall–Kier alpha value is -0.690. The first-order chi connectivity index (χ1) is 14.1. The lowest BCUT2D eigenvalue weighted by Gasteiger charge is -2.27. The van der Waals surface area contributed by atoms with Crippen LogP contribution in [0.4, 0.5) is 0 Å². The van der Waals surface area contributed by atoms with Gasteiger partial charge in [-0.2, -0.15) is 0 Å². The van der Waals surface area contributed by atoms with Gasteiger partial charge in [-0.25, -0.2) is 0 Å². The van der Waals surface area contributed by atoms with Crippen molar-refractivity contribution in [3.63, 3.8) is 0 Å². The minimum absolute atomic E-state index is 0.216. The summed E-state index contributed by atoms with van der Waals surface area (Å²) in [6.07, 6.45) is 17.5. The van der Waals surface area contributed by atoms with Crippen LogP contribution in [-0.4, -0.2) is 21.9 Å². The number of aliphatic hydroxyl groups is 2. The molecule has 2 nitrogen and oxygen atoms in total. The van der Waals surface area contributed by atoms with Gasteiger partial charge < -0.3 is 10.2 Å². The van der Waals surface area contributed by atoms with Crippen LogP contribution in [-0.2, 0) is 0 Å². The van der Waals surface area contributed by atoms with E-state index in [1.165, 1.54) is 22.0 Å². The van der Waals surface area contributed by atoms with Gasteiger partial charge in [0.05, 0.1) is 11.7 Å². The Morgan fingerprint density at radius 2 is 1.93 bits per heavy atom. The van der Waals surface area contributed by atoms with Crippen molar-refractivity contribution in [2.45, 2.75) is 111 Å². The molecule has 30 heavy (non-hydrogen) atoms. The molecule has 0 saturated heterocycles. The minimum Gasteiger partial charge on any atom is -0.390 e. The van der Waals surface area contributed by atoms with Gasteiger partial charge in [-0.3, -0.25) is 0 Å². The van der Waals surface area contributed by atoms with Crippen LogP contribution in [0.5, 0.6) is 0 Å². The highest BCUT2D eigenvalue weighted by Gasteiger charge is 2.23. The van der Waals surface area contributed by atoms with Gasteiger partial charge in [0.2, 0.25) is 0 Å². The van der Waals surface area contributed by atoms with E-state index in [2.05, 4.69) is 62.1 Å². The number of aliphatic hydroxyl groups excluding tert-OH is 1. The van der Waals surface area contributed by atoms with Crippen molar-refractivity contribution < 1.29 is 10.2 Å². The smallest absolute Gasteiger partial charge is 0.0789 e. The third-order valence-corrected chi connectivity index (χ3v) is 7.61. The molecule has 0 aromatic rings. The Balaban J connectivity index is 2.30. The van der Waals surface area contributed by atoms with Crippen molar-refractivity contribution in [2.24, 2.45) is 11.8 Å². The maximum Gasteiger partial charge on any atom is 0.0789 e. The lowest BCUT2D eigenvalue weighted by atomic mass is 9.85. The molecular formula is C27H47O2P. The summed E-state index contributed by atoms with van der Waals surface area (Å²) in [5, 5.41) is 22.3. The maximum atomic E-state index is 10.7. The quantitative estimate of drug-likeness (QED) is 0.233. The number of hydrogen-bond acceptors (Lipinski definition) is 2. The number of allylic oxidation sites excluding steroid dienone is 6. The van der Waals surface area contributed by atoms with Crippen LogP contribution in [0.2, 0.25) is 0 Å². The third-order valence-electron chi connectivity index (χ3n) is 6.78. The highest BCUT2D eigenvalue weighted by molar-refractivity contribution is 7.23. The molecule has 0 spiro atoms. The Morgan fingerprint density at radius 1 is 1.27 bits per heavy atom. The predicted octanol–water partition coefficient (Wildman–Crippen LogP) is 7.49. The Kier molecular flexibility index (Phi) is 12.5. The van der Waals surface area contributed by atoms with Crippen LogP contribution in [0.1, 0.15) is 99.3 Å². The van der Waals surface area contributed by atoms with Crippen molar-refractivity contribution >= 4 is 9.24 Å². The van der Waals surface area contributed by atoms with E-state index < -0.39 is 5.60 Å². The van der Waals surface area contributed by atoms with Gasteiger partial charge in [-0.05, 0) is 89.4 Å². The fourth-order valence-corrected chi connectivity index (χ4v) is 4.67. The summed E-state index contributed by atoms with van der Waals surface area (Å²) in [6.45, 7) is 12.8. The topological polar surface area (TPSA) is 40.5 Å². The van der Waals surface area contributed by atoms with Gasteiger partial charge in [-0.1, -0.05) is 62.1 Å². The van der Waals surface area contributed by atoms with Gasteiger partial charge in [0.1, 0.15) is 0 Å². The van der Waals surface area contributed by atoms with Crippen molar-refractivity contribution in [2.75, 3.05) is 0 Å². The number of rotatable bonds is 13. The molecule has 0 aromatic heterocycles. The van der Waals surface area contributed by atoms with Crippen LogP contribution >= 0.6 is 9.24 Å². The summed E-state index contributed by atoms with van der Waals surface area (Å²) in [7, 11) is 2.88. The van der Waals surface area contributed by atoms with Crippen molar-refractivity contribution in [3.05, 3.63) is 46.3 Å². The zero-order chi connectivity index (χ0) is 22.7. The first-order valence-corrected chi connectivity index (χ1v) is 12.5. The van der Waals surface area contributed by atoms with Gasteiger partial charge in [0.25, 0.3) is 0 Å². The van der Waals surface area contributed by atoms with E-state index in [1.807, 2.05) is 13.0 Å². The molecule has 0 aromatic carbocycles. The van der Waals surface area contributed by atoms with Crippen LogP contribution in [0.3, 0.4) is 0 Å². The molecule has 0 aliphatic heterocycles. The second-order valence-electron chi connectivity index (χ2n) is 9.81. The lowest BCUT2D eigenvalue weighted by molar-refractivity contribution is 0.0365. The molecule has 2 N–H and O–H groups in total. The van der Waals surface area contributed by atoms with Crippen LogP contribution in [0.25, 0.3) is 0 Å². The zero-order valence-corrected chi connectivity index (χ0v) is 21.5. The second-order valence-corrected chi connectivity index (χ2v) is 10.4. The third kappa shape index (κ3) is 10.1. The molecule has 3 heteroatoms. The molecule has 0 saturated carbocycles. The molecule has 5 atom stereocenters. The summed E-state index contributed by atoms with van der Waals surface area (Å²) >= 11 is 0. The van der Waals surface area contributed by atoms with E-state index in [4.69, 9.17) is 0 Å². The fourth-order valence-electron chi connectivity index (χ4n) is 4.17. The minimum atomic E-state index is -0.553. The summed E-state index contributed by atoms with van der Waals surface area (Å²) in [5.41, 5.74) is 3.45. The molecule has 172 valence electrons. The molecule has 1 aliphatic carbocycles. The van der Waals surface area contributed by atoms with Crippen molar-refractivity contribution in [3.8, 4) is 0 Å². The van der Waals surface area contributed by atoms with Gasteiger partial charge in [-0.15, -0.1) is 9.24 Å². The summed E-state index contributed by atoms with van der Waals surface area (Å²) in [6, 6.07) is 0. The summed E-state index contributed by atoms with van der Waals surface area (Å²) in [4.78, 5) is 0. The van der Waals surface area contributed by atoms with E-state index in [0.717, 1.165) is 57.8 Å². The maximum absolute atomic E-state index is 10.7. The molecule has 0 bridgehead atoms. The van der Waals surface area contributed by atoms with E-state index >= 15 is 0 Å².